The highest BCUT2D eigenvalue weighted by molar-refractivity contribution is 7.89. The molecular weight excluding hydrogens is 595 g/mol. The second-order valence-electron chi connectivity index (χ2n) is 12.7. The zero-order chi connectivity index (χ0) is 31.9. The molecule has 12 heteroatoms. The van der Waals surface area contributed by atoms with Gasteiger partial charge in [-0.3, -0.25) is 0 Å². The molecule has 0 radical (unpaired) electrons. The van der Waals surface area contributed by atoms with Gasteiger partial charge in [0.1, 0.15) is 17.7 Å². The predicted molar refractivity (Wildman–Crippen MR) is 169 cm³/mol. The first kappa shape index (κ1) is 31.0. The van der Waals surface area contributed by atoms with Crippen LogP contribution in [0.25, 0.3) is 0 Å². The Labute approximate surface area is 263 Å². The summed E-state index contributed by atoms with van der Waals surface area (Å²) in [5.74, 6) is 1.49. The standard InChI is InChI=1S/C33H39FN6O4S/c1-6-22-15-16-35-37-32(22)44-25-12-9-23(17-25)28-18-30(40(38-28)33(2,3)4)36-27-13-14-29-26(31(27)34)20-39(45(29,41)42)19-21-7-10-24(43-5)11-8-21/h7-8,10-11,13-16,18,23,25,36H,6,9,12,17,19-20H2,1-5H3. The topological polar surface area (TPSA) is 111 Å². The van der Waals surface area contributed by atoms with Crippen LogP contribution in [0.15, 0.2) is 59.6 Å². The third-order valence-electron chi connectivity index (χ3n) is 8.52. The zero-order valence-corrected chi connectivity index (χ0v) is 27.1. The van der Waals surface area contributed by atoms with Crippen molar-refractivity contribution in [1.82, 2.24) is 24.3 Å². The highest BCUT2D eigenvalue weighted by atomic mass is 32.2. The fourth-order valence-electron chi connectivity index (χ4n) is 6.09. The van der Waals surface area contributed by atoms with E-state index in [4.69, 9.17) is 14.6 Å². The first-order chi connectivity index (χ1) is 21.5. The largest absolute Gasteiger partial charge is 0.497 e. The SMILES string of the molecule is CCc1ccnnc1OC1CCC(c2cc(Nc3ccc4c(c3F)CN(Cc3ccc(OC)cc3)S4(=O)=O)n(C(C)(C)C)n2)C1. The van der Waals surface area contributed by atoms with E-state index in [1.807, 2.05) is 49.7 Å². The lowest BCUT2D eigenvalue weighted by Crippen LogP contribution is -2.25. The maximum Gasteiger partial charge on any atom is 0.244 e. The smallest absolute Gasteiger partial charge is 0.244 e. The van der Waals surface area contributed by atoms with Crippen LogP contribution in [0.5, 0.6) is 11.6 Å². The third-order valence-corrected chi connectivity index (χ3v) is 10.4. The van der Waals surface area contributed by atoms with E-state index < -0.39 is 21.4 Å². The summed E-state index contributed by atoms with van der Waals surface area (Å²) < 4.78 is 57.3. The Kier molecular flexibility index (Phi) is 8.30. The lowest BCUT2D eigenvalue weighted by molar-refractivity contribution is 0.195. The Balaban J connectivity index is 1.22. The molecule has 10 nitrogen and oxygen atoms in total. The van der Waals surface area contributed by atoms with Crippen LogP contribution in [0.2, 0.25) is 0 Å². The Hall–Kier alpha value is -4.03. The van der Waals surface area contributed by atoms with Gasteiger partial charge in [-0.05, 0) is 82.3 Å². The first-order valence-corrected chi connectivity index (χ1v) is 16.7. The van der Waals surface area contributed by atoms with E-state index in [1.54, 1.807) is 25.4 Å². The van der Waals surface area contributed by atoms with Crippen LogP contribution in [0.3, 0.4) is 0 Å². The zero-order valence-electron chi connectivity index (χ0n) is 26.2. The molecule has 0 amide bonds. The number of nitrogens with zero attached hydrogens (tertiary/aromatic N) is 5. The van der Waals surface area contributed by atoms with Crippen LogP contribution >= 0.6 is 0 Å². The molecule has 0 bridgehead atoms. The maximum atomic E-state index is 16.0. The number of fused-ring (bicyclic) bond motifs is 1. The Morgan fingerprint density at radius 1 is 1.09 bits per heavy atom. The van der Waals surface area contributed by atoms with E-state index in [1.165, 1.54) is 16.4 Å². The Bertz CT molecular complexity index is 1800. The van der Waals surface area contributed by atoms with Gasteiger partial charge >= 0.3 is 0 Å². The van der Waals surface area contributed by atoms with Crippen LogP contribution in [0.1, 0.15) is 75.3 Å². The number of methoxy groups -OCH3 is 1. The summed E-state index contributed by atoms with van der Waals surface area (Å²) in [6.45, 7) is 8.27. The molecule has 4 aromatic rings. The number of hydrogen-bond donors (Lipinski definition) is 1. The minimum absolute atomic E-state index is 0.00425. The van der Waals surface area contributed by atoms with Crippen LogP contribution in [-0.2, 0) is 35.1 Å². The predicted octanol–water partition coefficient (Wildman–Crippen LogP) is 6.30. The molecule has 2 unspecified atom stereocenters. The molecule has 0 saturated heterocycles. The lowest BCUT2D eigenvalue weighted by atomic mass is 10.0. The number of halogens is 1. The molecule has 1 aliphatic carbocycles. The van der Waals surface area contributed by atoms with Crippen molar-refractivity contribution in [3.63, 3.8) is 0 Å². The molecule has 3 heterocycles. The molecule has 6 rings (SSSR count). The van der Waals surface area contributed by atoms with Gasteiger partial charge in [-0.15, -0.1) is 5.10 Å². The number of ether oxygens (including phenoxy) is 2. The van der Waals surface area contributed by atoms with Crippen molar-refractivity contribution in [1.29, 1.82) is 0 Å². The van der Waals surface area contributed by atoms with Crippen molar-refractivity contribution in [3.8, 4) is 11.6 Å². The number of hydrogen-bond acceptors (Lipinski definition) is 8. The molecular formula is C33H39FN6O4S. The van der Waals surface area contributed by atoms with Crippen LogP contribution in [-0.4, -0.2) is 45.9 Å². The number of aromatic nitrogens is 4. The molecule has 1 fully saturated rings. The maximum absolute atomic E-state index is 16.0. The fourth-order valence-corrected chi connectivity index (χ4v) is 7.69. The number of rotatable bonds is 9. The summed E-state index contributed by atoms with van der Waals surface area (Å²) in [6.07, 6.45) is 5.06. The number of nitrogens with one attached hydrogen (secondary N) is 1. The monoisotopic (exact) mass is 634 g/mol. The number of aryl methyl sites for hydroxylation is 1. The van der Waals surface area contributed by atoms with Gasteiger partial charge in [-0.2, -0.15) is 14.5 Å². The van der Waals surface area contributed by atoms with Crippen molar-refractivity contribution < 1.29 is 22.3 Å². The summed E-state index contributed by atoms with van der Waals surface area (Å²) in [4.78, 5) is -0.00425. The van der Waals surface area contributed by atoms with Gasteiger partial charge in [0.25, 0.3) is 0 Å². The summed E-state index contributed by atoms with van der Waals surface area (Å²) in [5.41, 5.74) is 2.69. The number of benzene rings is 2. The normalized spacial score (nSPS) is 19.4. The Morgan fingerprint density at radius 2 is 1.87 bits per heavy atom. The summed E-state index contributed by atoms with van der Waals surface area (Å²) in [5, 5.41) is 16.4. The van der Waals surface area contributed by atoms with E-state index in [0.29, 0.717) is 17.4 Å². The van der Waals surface area contributed by atoms with Gasteiger partial charge in [0.05, 0.1) is 35.1 Å². The molecule has 1 aliphatic heterocycles. The molecule has 2 aliphatic rings. The molecule has 1 saturated carbocycles. The highest BCUT2D eigenvalue weighted by Crippen LogP contribution is 2.40. The quantitative estimate of drug-likeness (QED) is 0.228. The molecule has 45 heavy (non-hydrogen) atoms. The minimum Gasteiger partial charge on any atom is -0.497 e. The average Bonchev–Trinajstić information content (AvgIpc) is 3.72. The van der Waals surface area contributed by atoms with Crippen molar-refractivity contribution >= 4 is 21.5 Å². The lowest BCUT2D eigenvalue weighted by Gasteiger charge is -2.23. The van der Waals surface area contributed by atoms with Crippen LogP contribution in [0.4, 0.5) is 15.9 Å². The average molecular weight is 635 g/mol. The second kappa shape index (κ2) is 12.1. The van der Waals surface area contributed by atoms with Gasteiger partial charge in [0.15, 0.2) is 5.82 Å². The minimum atomic E-state index is -3.85. The third kappa shape index (κ3) is 6.13. The van der Waals surface area contributed by atoms with E-state index in [-0.39, 0.29) is 41.3 Å². The van der Waals surface area contributed by atoms with Gasteiger partial charge in [0.2, 0.25) is 15.9 Å². The Morgan fingerprint density at radius 3 is 2.58 bits per heavy atom. The van der Waals surface area contributed by atoms with Crippen molar-refractivity contribution in [2.45, 2.75) is 88.9 Å². The first-order valence-electron chi connectivity index (χ1n) is 15.3. The summed E-state index contributed by atoms with van der Waals surface area (Å²) >= 11 is 0. The van der Waals surface area contributed by atoms with Gasteiger partial charge in [-0.1, -0.05) is 19.1 Å². The molecule has 238 valence electrons. The molecule has 2 aromatic heterocycles. The molecule has 1 N–H and O–H groups in total. The summed E-state index contributed by atoms with van der Waals surface area (Å²) in [6, 6.07) is 14.1. The van der Waals surface area contributed by atoms with E-state index in [0.717, 1.165) is 42.5 Å². The number of anilines is 2. The van der Waals surface area contributed by atoms with Crippen LogP contribution in [0, 0.1) is 5.82 Å². The van der Waals surface area contributed by atoms with E-state index in [9.17, 15) is 8.42 Å². The van der Waals surface area contributed by atoms with Gasteiger partial charge < -0.3 is 14.8 Å². The molecule has 2 atom stereocenters. The van der Waals surface area contributed by atoms with E-state index in [2.05, 4.69) is 22.4 Å². The second-order valence-corrected chi connectivity index (χ2v) is 14.6. The van der Waals surface area contributed by atoms with Gasteiger partial charge in [0, 0.05) is 36.2 Å². The van der Waals surface area contributed by atoms with Gasteiger partial charge in [-0.25, -0.2) is 17.5 Å². The highest BCUT2D eigenvalue weighted by Gasteiger charge is 2.38. The fraction of sp³-hybridized carbons (Fsp3) is 0.424. The van der Waals surface area contributed by atoms with Crippen LogP contribution < -0.4 is 14.8 Å². The van der Waals surface area contributed by atoms with E-state index >= 15 is 4.39 Å². The number of sulfonamides is 1. The molecule has 2 aromatic carbocycles. The van der Waals surface area contributed by atoms with Crippen molar-refractivity contribution in [2.75, 3.05) is 12.4 Å². The van der Waals surface area contributed by atoms with Crippen molar-refractivity contribution in [2.24, 2.45) is 0 Å². The molecule has 0 spiro atoms. The van der Waals surface area contributed by atoms with Crippen molar-refractivity contribution in [3.05, 3.63) is 82.9 Å². The summed E-state index contributed by atoms with van der Waals surface area (Å²) in [7, 11) is -2.27.